The number of ether oxygens (including phenoxy) is 2. The molecule has 0 atom stereocenters. The van der Waals surface area contributed by atoms with Crippen LogP contribution in [0.4, 0.5) is 0 Å². The Morgan fingerprint density at radius 1 is 1.07 bits per heavy atom. The van der Waals surface area contributed by atoms with Gasteiger partial charge in [0.25, 0.3) is 5.56 Å². The SMILES string of the molecule is COc1ccc(C(=O)c2c(/C=C/N3CCOCC3)n(C)c(=O)n(C)c2=O)cc1. The van der Waals surface area contributed by atoms with Gasteiger partial charge in [0.1, 0.15) is 11.3 Å². The summed E-state index contributed by atoms with van der Waals surface area (Å²) >= 11 is 0. The first-order chi connectivity index (χ1) is 13.4. The van der Waals surface area contributed by atoms with E-state index >= 15 is 0 Å². The molecule has 3 rings (SSSR count). The van der Waals surface area contributed by atoms with E-state index in [4.69, 9.17) is 9.47 Å². The topological polar surface area (TPSA) is 82.8 Å². The second-order valence-corrected chi connectivity index (χ2v) is 6.49. The van der Waals surface area contributed by atoms with Gasteiger partial charge in [-0.2, -0.15) is 0 Å². The summed E-state index contributed by atoms with van der Waals surface area (Å²) in [5, 5.41) is 0. The van der Waals surface area contributed by atoms with Crippen LogP contribution in [0.15, 0.2) is 40.1 Å². The Morgan fingerprint density at radius 3 is 2.32 bits per heavy atom. The van der Waals surface area contributed by atoms with Gasteiger partial charge in [0, 0.05) is 38.9 Å². The highest BCUT2D eigenvalue weighted by Crippen LogP contribution is 2.16. The minimum Gasteiger partial charge on any atom is -0.497 e. The molecule has 1 aliphatic heterocycles. The zero-order valence-corrected chi connectivity index (χ0v) is 16.2. The number of nitrogens with zero attached hydrogens (tertiary/aromatic N) is 3. The van der Waals surface area contributed by atoms with Crippen LogP contribution >= 0.6 is 0 Å². The molecule has 0 unspecified atom stereocenters. The Labute approximate surface area is 162 Å². The highest BCUT2D eigenvalue weighted by Gasteiger charge is 2.22. The van der Waals surface area contributed by atoms with E-state index in [-0.39, 0.29) is 11.3 Å². The van der Waals surface area contributed by atoms with Gasteiger partial charge < -0.3 is 14.4 Å². The van der Waals surface area contributed by atoms with Crippen LogP contribution in [0.5, 0.6) is 5.75 Å². The highest BCUT2D eigenvalue weighted by molar-refractivity contribution is 6.10. The molecule has 8 nitrogen and oxygen atoms in total. The number of rotatable bonds is 5. The number of benzene rings is 1. The lowest BCUT2D eigenvalue weighted by Crippen LogP contribution is -2.42. The number of hydrogen-bond acceptors (Lipinski definition) is 6. The summed E-state index contributed by atoms with van der Waals surface area (Å²) in [7, 11) is 4.45. The van der Waals surface area contributed by atoms with Gasteiger partial charge in [-0.1, -0.05) is 0 Å². The molecule has 1 aromatic carbocycles. The molecule has 0 amide bonds. The van der Waals surface area contributed by atoms with Gasteiger partial charge in [-0.05, 0) is 30.3 Å². The maximum Gasteiger partial charge on any atom is 0.330 e. The molecule has 0 radical (unpaired) electrons. The summed E-state index contributed by atoms with van der Waals surface area (Å²) in [4.78, 5) is 40.3. The van der Waals surface area contributed by atoms with Gasteiger partial charge >= 0.3 is 5.69 Å². The largest absolute Gasteiger partial charge is 0.497 e. The van der Waals surface area contributed by atoms with Gasteiger partial charge in [0.15, 0.2) is 0 Å². The van der Waals surface area contributed by atoms with Crippen LogP contribution in [-0.2, 0) is 18.8 Å². The maximum atomic E-state index is 13.1. The highest BCUT2D eigenvalue weighted by atomic mass is 16.5. The Hall–Kier alpha value is -3.13. The van der Waals surface area contributed by atoms with Crippen LogP contribution in [0.2, 0.25) is 0 Å². The summed E-state index contributed by atoms with van der Waals surface area (Å²) in [5.41, 5.74) is -0.527. The zero-order valence-electron chi connectivity index (χ0n) is 16.2. The van der Waals surface area contributed by atoms with Crippen molar-refractivity contribution in [1.82, 2.24) is 14.0 Å². The van der Waals surface area contributed by atoms with Gasteiger partial charge in [-0.25, -0.2) is 4.79 Å². The summed E-state index contributed by atoms with van der Waals surface area (Å²) in [6.45, 7) is 2.63. The predicted molar refractivity (Wildman–Crippen MR) is 105 cm³/mol. The molecule has 1 aliphatic rings. The van der Waals surface area contributed by atoms with Crippen LogP contribution in [0.3, 0.4) is 0 Å². The second-order valence-electron chi connectivity index (χ2n) is 6.49. The Kier molecular flexibility index (Phi) is 5.79. The minimum absolute atomic E-state index is 0.0423. The molecule has 0 saturated carbocycles. The fourth-order valence-corrected chi connectivity index (χ4v) is 3.06. The molecule has 2 aromatic rings. The molecular formula is C20H23N3O5. The van der Waals surface area contributed by atoms with E-state index in [1.54, 1.807) is 43.6 Å². The lowest BCUT2D eigenvalue weighted by atomic mass is 10.0. The van der Waals surface area contributed by atoms with Crippen LogP contribution < -0.4 is 16.0 Å². The van der Waals surface area contributed by atoms with Crippen molar-refractivity contribution in [3.8, 4) is 5.75 Å². The smallest absolute Gasteiger partial charge is 0.330 e. The molecule has 2 heterocycles. The van der Waals surface area contributed by atoms with E-state index in [0.717, 1.165) is 4.57 Å². The first-order valence-electron chi connectivity index (χ1n) is 8.92. The fraction of sp³-hybridized carbons (Fsp3) is 0.350. The van der Waals surface area contributed by atoms with E-state index in [0.29, 0.717) is 37.6 Å². The van der Waals surface area contributed by atoms with Crippen molar-refractivity contribution >= 4 is 11.9 Å². The summed E-state index contributed by atoms with van der Waals surface area (Å²) in [6.07, 6.45) is 3.44. The molecule has 0 aliphatic carbocycles. The Balaban J connectivity index is 2.09. The van der Waals surface area contributed by atoms with E-state index in [9.17, 15) is 14.4 Å². The van der Waals surface area contributed by atoms with Crippen molar-refractivity contribution in [1.29, 1.82) is 0 Å². The summed E-state index contributed by atoms with van der Waals surface area (Å²) < 4.78 is 12.7. The number of methoxy groups -OCH3 is 1. The summed E-state index contributed by atoms with van der Waals surface area (Å²) in [6, 6.07) is 6.51. The van der Waals surface area contributed by atoms with Crippen LogP contribution in [0, 0.1) is 0 Å². The van der Waals surface area contributed by atoms with Gasteiger partial charge in [0.05, 0.1) is 26.0 Å². The van der Waals surface area contributed by atoms with Gasteiger partial charge in [-0.3, -0.25) is 18.7 Å². The standard InChI is InChI=1S/C20H23N3O5/c1-21-16(8-9-23-10-12-28-13-11-23)17(19(25)22(2)20(21)26)18(24)14-4-6-15(27-3)7-5-14/h4-9H,10-13H2,1-3H3/b9-8+. The molecule has 8 heteroatoms. The number of morpholine rings is 1. The lowest BCUT2D eigenvalue weighted by molar-refractivity contribution is 0.0597. The predicted octanol–water partition coefficient (Wildman–Crippen LogP) is 0.627. The normalized spacial score (nSPS) is 14.5. The maximum absolute atomic E-state index is 13.1. The first-order valence-corrected chi connectivity index (χ1v) is 8.92. The third-order valence-corrected chi connectivity index (χ3v) is 4.78. The number of hydrogen-bond donors (Lipinski definition) is 0. The lowest BCUT2D eigenvalue weighted by Gasteiger charge is -2.25. The Bertz CT molecular complexity index is 1010. The fourth-order valence-electron chi connectivity index (χ4n) is 3.06. The minimum atomic E-state index is -0.620. The molecule has 0 bridgehead atoms. The average Bonchev–Trinajstić information content (AvgIpc) is 2.74. The molecule has 0 spiro atoms. The molecule has 0 N–H and O–H groups in total. The van der Waals surface area contributed by atoms with Crippen LogP contribution in [0.1, 0.15) is 21.6 Å². The molecule has 1 fully saturated rings. The quantitative estimate of drug-likeness (QED) is 0.702. The Morgan fingerprint density at radius 2 is 1.71 bits per heavy atom. The third-order valence-electron chi connectivity index (χ3n) is 4.78. The van der Waals surface area contributed by atoms with Crippen molar-refractivity contribution in [2.45, 2.75) is 0 Å². The van der Waals surface area contributed by atoms with Crippen LogP contribution in [-0.4, -0.2) is 53.2 Å². The van der Waals surface area contributed by atoms with Crippen molar-refractivity contribution < 1.29 is 14.3 Å². The van der Waals surface area contributed by atoms with E-state index < -0.39 is 17.0 Å². The molecule has 28 heavy (non-hydrogen) atoms. The third kappa shape index (κ3) is 3.77. The van der Waals surface area contributed by atoms with Crippen LogP contribution in [0.25, 0.3) is 6.08 Å². The molecular weight excluding hydrogens is 362 g/mol. The first kappa shape index (κ1) is 19.6. The van der Waals surface area contributed by atoms with Crippen molar-refractivity contribution in [2.75, 3.05) is 33.4 Å². The zero-order chi connectivity index (χ0) is 20.3. The van der Waals surface area contributed by atoms with Gasteiger partial charge in [-0.15, -0.1) is 0 Å². The van der Waals surface area contributed by atoms with E-state index in [1.807, 2.05) is 4.90 Å². The number of carbonyl (C=O) groups excluding carboxylic acids is 1. The van der Waals surface area contributed by atoms with E-state index in [2.05, 4.69) is 0 Å². The molecule has 1 saturated heterocycles. The second kappa shape index (κ2) is 8.26. The van der Waals surface area contributed by atoms with Crippen molar-refractivity contribution in [2.24, 2.45) is 14.1 Å². The number of carbonyl (C=O) groups is 1. The monoisotopic (exact) mass is 385 g/mol. The molecule has 1 aromatic heterocycles. The number of ketones is 1. The summed E-state index contributed by atoms with van der Waals surface area (Å²) in [5.74, 6) is 0.165. The van der Waals surface area contributed by atoms with Crippen molar-refractivity contribution in [3.05, 3.63) is 68.1 Å². The molecule has 148 valence electrons. The van der Waals surface area contributed by atoms with Crippen molar-refractivity contribution in [3.63, 3.8) is 0 Å². The van der Waals surface area contributed by atoms with E-state index in [1.165, 1.54) is 18.7 Å². The van der Waals surface area contributed by atoms with Gasteiger partial charge in [0.2, 0.25) is 5.78 Å². The number of aromatic nitrogens is 2. The average molecular weight is 385 g/mol.